The van der Waals surface area contributed by atoms with E-state index in [0.29, 0.717) is 11.5 Å². The number of carbonyl (C=O) groups excluding carboxylic acids is 1. The largest absolute Gasteiger partial charge is 0.497 e. The van der Waals surface area contributed by atoms with E-state index in [9.17, 15) is 4.79 Å². The van der Waals surface area contributed by atoms with Crippen molar-refractivity contribution in [3.63, 3.8) is 0 Å². The molecular weight excluding hydrogens is 430 g/mol. The predicted molar refractivity (Wildman–Crippen MR) is 131 cm³/mol. The summed E-state index contributed by atoms with van der Waals surface area (Å²) in [6.07, 6.45) is 5.69. The minimum absolute atomic E-state index is 0.0305. The van der Waals surface area contributed by atoms with Crippen LogP contribution in [0.1, 0.15) is 37.3 Å². The molecule has 0 fully saturated rings. The van der Waals surface area contributed by atoms with Crippen LogP contribution in [-0.4, -0.2) is 45.9 Å². The number of methoxy groups -OCH3 is 2. The third kappa shape index (κ3) is 5.17. The van der Waals surface area contributed by atoms with Crippen molar-refractivity contribution in [1.82, 2.24) is 25.1 Å². The zero-order valence-corrected chi connectivity index (χ0v) is 20.1. The van der Waals surface area contributed by atoms with Crippen molar-refractivity contribution in [3.05, 3.63) is 66.1 Å². The van der Waals surface area contributed by atoms with Gasteiger partial charge in [-0.05, 0) is 49.2 Å². The highest BCUT2D eigenvalue weighted by atomic mass is 16.5. The van der Waals surface area contributed by atoms with Crippen molar-refractivity contribution in [1.29, 1.82) is 0 Å². The Labute approximate surface area is 198 Å². The van der Waals surface area contributed by atoms with Gasteiger partial charge in [0.1, 0.15) is 11.5 Å². The van der Waals surface area contributed by atoms with E-state index in [4.69, 9.17) is 14.5 Å². The Morgan fingerprint density at radius 1 is 1.00 bits per heavy atom. The van der Waals surface area contributed by atoms with Crippen molar-refractivity contribution in [2.45, 2.75) is 32.2 Å². The Bertz CT molecular complexity index is 1290. The van der Waals surface area contributed by atoms with Gasteiger partial charge in [0, 0.05) is 43.3 Å². The lowest BCUT2D eigenvalue weighted by atomic mass is 9.87. The van der Waals surface area contributed by atoms with Gasteiger partial charge < -0.3 is 14.8 Å². The molecule has 8 nitrogen and oxygen atoms in total. The molecular formula is C26H29N5O3. The molecule has 8 heteroatoms. The van der Waals surface area contributed by atoms with Gasteiger partial charge in [-0.3, -0.25) is 14.5 Å². The lowest BCUT2D eigenvalue weighted by molar-refractivity contribution is -0.121. The smallest absolute Gasteiger partial charge is 0.221 e. The third-order valence-electron chi connectivity index (χ3n) is 5.58. The highest BCUT2D eigenvalue weighted by molar-refractivity contribution is 5.80. The number of aryl methyl sites for hydroxylation is 1. The highest BCUT2D eigenvalue weighted by Crippen LogP contribution is 2.35. The van der Waals surface area contributed by atoms with Crippen molar-refractivity contribution < 1.29 is 14.3 Å². The summed E-state index contributed by atoms with van der Waals surface area (Å²) in [6.45, 7) is 3.90. The van der Waals surface area contributed by atoms with Gasteiger partial charge in [0.2, 0.25) is 5.91 Å². The van der Waals surface area contributed by atoms with E-state index in [-0.39, 0.29) is 24.3 Å². The molecule has 1 amide bonds. The fourth-order valence-corrected chi connectivity index (χ4v) is 3.96. The fraction of sp³-hybridized carbons (Fsp3) is 0.308. The number of hydrogen-bond acceptors (Lipinski definition) is 6. The second-order valence-corrected chi connectivity index (χ2v) is 8.53. The van der Waals surface area contributed by atoms with Crippen LogP contribution in [-0.2, 0) is 11.8 Å². The van der Waals surface area contributed by atoms with Crippen LogP contribution >= 0.6 is 0 Å². The zero-order valence-electron chi connectivity index (χ0n) is 20.1. The Morgan fingerprint density at radius 3 is 2.35 bits per heavy atom. The number of benzene rings is 2. The van der Waals surface area contributed by atoms with Gasteiger partial charge in [0.05, 0.1) is 43.3 Å². The first kappa shape index (κ1) is 23.2. The molecule has 2 aromatic heterocycles. The average Bonchev–Trinajstić information content (AvgIpc) is 3.27. The number of carbonyl (C=O) groups is 1. The molecule has 2 heterocycles. The van der Waals surface area contributed by atoms with Crippen molar-refractivity contribution in [2.75, 3.05) is 14.2 Å². The second kappa shape index (κ2) is 9.91. The van der Waals surface area contributed by atoms with E-state index in [1.807, 2.05) is 63.5 Å². The van der Waals surface area contributed by atoms with Gasteiger partial charge in [-0.2, -0.15) is 5.10 Å². The molecule has 0 aliphatic carbocycles. The lowest BCUT2D eigenvalue weighted by Gasteiger charge is -2.20. The molecule has 0 saturated carbocycles. The van der Waals surface area contributed by atoms with Crippen molar-refractivity contribution in [2.24, 2.45) is 7.05 Å². The normalized spacial score (nSPS) is 12.1. The molecule has 4 rings (SSSR count). The zero-order chi connectivity index (χ0) is 24.2. The van der Waals surface area contributed by atoms with Crippen LogP contribution in [0.3, 0.4) is 0 Å². The molecule has 1 unspecified atom stereocenters. The van der Waals surface area contributed by atoms with Gasteiger partial charge in [0.15, 0.2) is 0 Å². The molecule has 4 aromatic rings. The number of aromatic nitrogens is 4. The summed E-state index contributed by atoms with van der Waals surface area (Å²) in [5, 5.41) is 7.23. The number of amides is 1. The minimum atomic E-state index is -0.226. The van der Waals surface area contributed by atoms with Crippen LogP contribution in [0.5, 0.6) is 11.5 Å². The molecule has 0 saturated heterocycles. The van der Waals surface area contributed by atoms with Crippen molar-refractivity contribution >= 4 is 16.9 Å². The number of ether oxygens (including phenoxy) is 2. The van der Waals surface area contributed by atoms with E-state index in [0.717, 1.165) is 33.4 Å². The van der Waals surface area contributed by atoms with Crippen LogP contribution < -0.4 is 14.8 Å². The van der Waals surface area contributed by atoms with E-state index in [2.05, 4.69) is 15.4 Å². The fourth-order valence-electron chi connectivity index (χ4n) is 3.96. The number of nitrogens with one attached hydrogen (secondary N) is 1. The second-order valence-electron chi connectivity index (χ2n) is 8.53. The first-order chi connectivity index (χ1) is 16.4. The van der Waals surface area contributed by atoms with Crippen LogP contribution in [0.25, 0.3) is 22.3 Å². The predicted octanol–water partition coefficient (Wildman–Crippen LogP) is 4.09. The van der Waals surface area contributed by atoms with E-state index >= 15 is 0 Å². The van der Waals surface area contributed by atoms with Gasteiger partial charge in [-0.25, -0.2) is 4.98 Å². The molecule has 0 aliphatic rings. The number of nitrogens with zero attached hydrogens (tertiary/aromatic N) is 4. The van der Waals surface area contributed by atoms with Crippen LogP contribution in [0.15, 0.2) is 55.0 Å². The summed E-state index contributed by atoms with van der Waals surface area (Å²) in [5.41, 5.74) is 5.06. The number of hydrogen-bond donors (Lipinski definition) is 1. The van der Waals surface area contributed by atoms with E-state index in [1.54, 1.807) is 31.3 Å². The van der Waals surface area contributed by atoms with Crippen LogP contribution in [0, 0.1) is 0 Å². The molecule has 0 spiro atoms. The van der Waals surface area contributed by atoms with Crippen LogP contribution in [0.4, 0.5) is 0 Å². The van der Waals surface area contributed by atoms with E-state index in [1.165, 1.54) is 0 Å². The first-order valence-electron chi connectivity index (χ1n) is 11.1. The monoisotopic (exact) mass is 459 g/mol. The summed E-state index contributed by atoms with van der Waals surface area (Å²) in [4.78, 5) is 22.2. The SMILES string of the molecule is COc1cc(OC)cc(C(CC(=O)NC(C)C)c2ccc3ncc(-c4cnn(C)c4)nc3c2)c1. The lowest BCUT2D eigenvalue weighted by Crippen LogP contribution is -2.31. The molecule has 0 aliphatic heterocycles. The molecule has 0 radical (unpaired) electrons. The average molecular weight is 460 g/mol. The topological polar surface area (TPSA) is 91.2 Å². The summed E-state index contributed by atoms with van der Waals surface area (Å²) < 4.78 is 12.7. The quantitative estimate of drug-likeness (QED) is 0.427. The maximum Gasteiger partial charge on any atom is 0.221 e. The van der Waals surface area contributed by atoms with Crippen molar-refractivity contribution in [3.8, 4) is 22.8 Å². The summed E-state index contributed by atoms with van der Waals surface area (Å²) >= 11 is 0. The van der Waals surface area contributed by atoms with Gasteiger partial charge in [-0.1, -0.05) is 6.07 Å². The molecule has 1 N–H and O–H groups in total. The summed E-state index contributed by atoms with van der Waals surface area (Å²) in [7, 11) is 5.10. The van der Waals surface area contributed by atoms with Crippen LogP contribution in [0.2, 0.25) is 0 Å². The maximum atomic E-state index is 12.8. The third-order valence-corrected chi connectivity index (χ3v) is 5.58. The van der Waals surface area contributed by atoms with Gasteiger partial charge in [0.25, 0.3) is 0 Å². The van der Waals surface area contributed by atoms with E-state index < -0.39 is 0 Å². The Hall–Kier alpha value is -3.94. The first-order valence-corrected chi connectivity index (χ1v) is 11.1. The Balaban J connectivity index is 1.79. The van der Waals surface area contributed by atoms with Gasteiger partial charge in [-0.15, -0.1) is 0 Å². The Kier molecular flexibility index (Phi) is 6.77. The molecule has 1 atom stereocenters. The molecule has 34 heavy (non-hydrogen) atoms. The highest BCUT2D eigenvalue weighted by Gasteiger charge is 2.21. The molecule has 176 valence electrons. The molecule has 0 bridgehead atoms. The Morgan fingerprint density at radius 2 is 1.74 bits per heavy atom. The van der Waals surface area contributed by atoms with Gasteiger partial charge >= 0.3 is 0 Å². The maximum absolute atomic E-state index is 12.8. The summed E-state index contributed by atoms with van der Waals surface area (Å²) in [6, 6.07) is 11.7. The molecule has 2 aromatic carbocycles. The number of rotatable bonds is 8. The minimum Gasteiger partial charge on any atom is -0.497 e. The summed E-state index contributed by atoms with van der Waals surface area (Å²) in [5.74, 6) is 1.08. The standard InChI is InChI=1S/C26H29N5O3/c1-16(2)29-26(32)12-22(18-8-20(33-4)11-21(9-18)34-5)17-6-7-23-24(10-17)30-25(14-27-23)19-13-28-31(3)15-19/h6-11,13-16,22H,12H2,1-5H3,(H,29,32). The number of fused-ring (bicyclic) bond motifs is 1.